The minimum Gasteiger partial charge on any atom is -0.256 e. The lowest BCUT2D eigenvalue weighted by molar-refractivity contribution is 1.31. The van der Waals surface area contributed by atoms with E-state index in [1.807, 2.05) is 42.6 Å². The summed E-state index contributed by atoms with van der Waals surface area (Å²) in [5.74, 6) is 0. The van der Waals surface area contributed by atoms with Crippen LogP contribution in [0.15, 0.2) is 54.9 Å². The van der Waals surface area contributed by atoms with Crippen LogP contribution in [0, 0.1) is 0 Å². The van der Waals surface area contributed by atoms with Crippen LogP contribution in [0.4, 0.5) is 0 Å². The van der Waals surface area contributed by atoms with Crippen LogP contribution in [0.1, 0.15) is 0 Å². The van der Waals surface area contributed by atoms with Crippen LogP contribution in [-0.4, -0.2) is 9.97 Å². The lowest BCUT2D eigenvalue weighted by atomic mass is 10.1. The number of hydrogen-bond acceptors (Lipinski definition) is 2. The Morgan fingerprint density at radius 2 is 1.88 bits per heavy atom. The maximum atomic E-state index is 5.97. The predicted octanol–water partition coefficient (Wildman–Crippen LogP) is 3.95. The minimum absolute atomic E-state index is 0.720. The molecule has 2 aromatic heterocycles. The second-order valence-corrected chi connectivity index (χ2v) is 4.21. The molecular formula is C14H9ClN2. The van der Waals surface area contributed by atoms with E-state index in [9.17, 15) is 0 Å². The molecule has 1 aromatic carbocycles. The lowest BCUT2D eigenvalue weighted by Crippen LogP contribution is -1.85. The Balaban J connectivity index is 2.19. The Kier molecular flexibility index (Phi) is 2.50. The molecular weight excluding hydrogens is 232 g/mol. The predicted molar refractivity (Wildman–Crippen MR) is 70.0 cm³/mol. The highest BCUT2D eigenvalue weighted by molar-refractivity contribution is 6.31. The van der Waals surface area contributed by atoms with Crippen LogP contribution in [0.25, 0.3) is 22.2 Å². The number of nitrogens with zero attached hydrogens (tertiary/aromatic N) is 2. The zero-order chi connectivity index (χ0) is 11.7. The van der Waals surface area contributed by atoms with Gasteiger partial charge in [-0.25, -0.2) is 0 Å². The van der Waals surface area contributed by atoms with Gasteiger partial charge in [0.25, 0.3) is 0 Å². The van der Waals surface area contributed by atoms with E-state index in [1.54, 1.807) is 6.20 Å². The van der Waals surface area contributed by atoms with Crippen molar-refractivity contribution in [2.45, 2.75) is 0 Å². The normalized spacial score (nSPS) is 10.6. The van der Waals surface area contributed by atoms with Crippen LogP contribution in [0.3, 0.4) is 0 Å². The van der Waals surface area contributed by atoms with Gasteiger partial charge in [0.15, 0.2) is 0 Å². The summed E-state index contributed by atoms with van der Waals surface area (Å²) in [6.45, 7) is 0. The molecule has 0 aliphatic heterocycles. The molecule has 3 heteroatoms. The zero-order valence-corrected chi connectivity index (χ0v) is 9.72. The van der Waals surface area contributed by atoms with E-state index in [0.717, 1.165) is 27.2 Å². The van der Waals surface area contributed by atoms with E-state index in [0.29, 0.717) is 0 Å². The standard InChI is InChI=1S/C14H9ClN2/c15-12-4-5-14-10(8-12)7-11(9-17-14)13-3-1-2-6-16-13/h1-9H. The van der Waals surface area contributed by atoms with Crippen LogP contribution in [0.2, 0.25) is 5.02 Å². The molecule has 0 saturated heterocycles. The number of hydrogen-bond donors (Lipinski definition) is 0. The first-order chi connectivity index (χ1) is 8.33. The van der Waals surface area contributed by atoms with E-state index in [4.69, 9.17) is 11.6 Å². The van der Waals surface area contributed by atoms with Crippen molar-refractivity contribution in [3.8, 4) is 11.3 Å². The number of aromatic nitrogens is 2. The van der Waals surface area contributed by atoms with Crippen LogP contribution < -0.4 is 0 Å². The zero-order valence-electron chi connectivity index (χ0n) is 8.97. The van der Waals surface area contributed by atoms with Crippen molar-refractivity contribution < 1.29 is 0 Å². The highest BCUT2D eigenvalue weighted by atomic mass is 35.5. The average Bonchev–Trinajstić information content (AvgIpc) is 2.39. The number of fused-ring (bicyclic) bond motifs is 1. The maximum Gasteiger partial charge on any atom is 0.0717 e. The fourth-order valence-electron chi connectivity index (χ4n) is 1.78. The molecule has 3 rings (SSSR count). The molecule has 0 amide bonds. The number of halogens is 1. The Labute approximate surface area is 104 Å². The van der Waals surface area contributed by atoms with Gasteiger partial charge in [-0.2, -0.15) is 0 Å². The average molecular weight is 241 g/mol. The lowest BCUT2D eigenvalue weighted by Gasteiger charge is -2.02. The van der Waals surface area contributed by atoms with Crippen LogP contribution in [-0.2, 0) is 0 Å². The van der Waals surface area contributed by atoms with Gasteiger partial charge < -0.3 is 0 Å². The Bertz CT molecular complexity index is 665. The fraction of sp³-hybridized carbons (Fsp3) is 0. The molecule has 0 aliphatic rings. The van der Waals surface area contributed by atoms with Crippen molar-refractivity contribution >= 4 is 22.5 Å². The van der Waals surface area contributed by atoms with Crippen molar-refractivity contribution in [3.63, 3.8) is 0 Å². The van der Waals surface area contributed by atoms with Crippen molar-refractivity contribution in [1.82, 2.24) is 9.97 Å². The summed E-state index contributed by atoms with van der Waals surface area (Å²) in [6, 6.07) is 13.6. The van der Waals surface area contributed by atoms with Gasteiger partial charge in [-0.1, -0.05) is 17.7 Å². The van der Waals surface area contributed by atoms with Gasteiger partial charge >= 0.3 is 0 Å². The smallest absolute Gasteiger partial charge is 0.0717 e. The van der Waals surface area contributed by atoms with E-state index >= 15 is 0 Å². The molecule has 0 atom stereocenters. The topological polar surface area (TPSA) is 25.8 Å². The van der Waals surface area contributed by atoms with Crippen molar-refractivity contribution in [1.29, 1.82) is 0 Å². The SMILES string of the molecule is Clc1ccc2ncc(-c3ccccn3)cc2c1. The number of benzene rings is 1. The van der Waals surface area contributed by atoms with Gasteiger partial charge in [0, 0.05) is 28.4 Å². The molecule has 0 unspecified atom stereocenters. The second-order valence-electron chi connectivity index (χ2n) is 3.78. The largest absolute Gasteiger partial charge is 0.256 e. The fourth-order valence-corrected chi connectivity index (χ4v) is 1.96. The third-order valence-electron chi connectivity index (χ3n) is 2.60. The minimum atomic E-state index is 0.720. The van der Waals surface area contributed by atoms with Gasteiger partial charge in [-0.3, -0.25) is 9.97 Å². The van der Waals surface area contributed by atoms with Gasteiger partial charge in [-0.05, 0) is 36.4 Å². The highest BCUT2D eigenvalue weighted by Crippen LogP contribution is 2.23. The first-order valence-electron chi connectivity index (χ1n) is 5.30. The first kappa shape index (κ1) is 10.2. The molecule has 0 bridgehead atoms. The van der Waals surface area contributed by atoms with E-state index < -0.39 is 0 Å². The summed E-state index contributed by atoms with van der Waals surface area (Å²) in [6.07, 6.45) is 3.61. The Morgan fingerprint density at radius 3 is 2.71 bits per heavy atom. The summed E-state index contributed by atoms with van der Waals surface area (Å²) in [5, 5.41) is 1.75. The summed E-state index contributed by atoms with van der Waals surface area (Å²) >= 11 is 5.97. The first-order valence-corrected chi connectivity index (χ1v) is 5.67. The van der Waals surface area contributed by atoms with Crippen molar-refractivity contribution in [2.75, 3.05) is 0 Å². The van der Waals surface area contributed by atoms with E-state index in [1.165, 1.54) is 0 Å². The second kappa shape index (κ2) is 4.15. The van der Waals surface area contributed by atoms with E-state index in [-0.39, 0.29) is 0 Å². The molecule has 0 fully saturated rings. The molecule has 2 nitrogen and oxygen atoms in total. The van der Waals surface area contributed by atoms with Crippen LogP contribution in [0.5, 0.6) is 0 Å². The molecule has 0 radical (unpaired) electrons. The summed E-state index contributed by atoms with van der Waals surface area (Å²) in [7, 11) is 0. The van der Waals surface area contributed by atoms with E-state index in [2.05, 4.69) is 16.0 Å². The third kappa shape index (κ3) is 1.99. The molecule has 17 heavy (non-hydrogen) atoms. The molecule has 0 N–H and O–H groups in total. The molecule has 2 heterocycles. The number of rotatable bonds is 1. The van der Waals surface area contributed by atoms with Gasteiger partial charge in [0.05, 0.1) is 11.2 Å². The molecule has 3 aromatic rings. The summed E-state index contributed by atoms with van der Waals surface area (Å²) in [4.78, 5) is 8.71. The molecule has 0 aliphatic carbocycles. The van der Waals surface area contributed by atoms with Crippen molar-refractivity contribution in [2.24, 2.45) is 0 Å². The monoisotopic (exact) mass is 240 g/mol. The van der Waals surface area contributed by atoms with Gasteiger partial charge in [0.1, 0.15) is 0 Å². The summed E-state index contributed by atoms with van der Waals surface area (Å²) in [5.41, 5.74) is 2.86. The summed E-state index contributed by atoms with van der Waals surface area (Å²) < 4.78 is 0. The van der Waals surface area contributed by atoms with Gasteiger partial charge in [0.2, 0.25) is 0 Å². The maximum absolute atomic E-state index is 5.97. The quantitative estimate of drug-likeness (QED) is 0.644. The van der Waals surface area contributed by atoms with Crippen LogP contribution >= 0.6 is 11.6 Å². The Hall–Kier alpha value is -1.93. The van der Waals surface area contributed by atoms with Gasteiger partial charge in [-0.15, -0.1) is 0 Å². The molecule has 82 valence electrons. The number of pyridine rings is 2. The molecule has 0 saturated carbocycles. The Morgan fingerprint density at radius 1 is 0.941 bits per heavy atom. The third-order valence-corrected chi connectivity index (χ3v) is 2.84. The molecule has 0 spiro atoms. The highest BCUT2D eigenvalue weighted by Gasteiger charge is 2.01. The van der Waals surface area contributed by atoms with Crippen molar-refractivity contribution in [3.05, 3.63) is 59.9 Å².